The number of nitrogens with one attached hydrogen (secondary N) is 1. The molecule has 0 saturated heterocycles. The Balaban J connectivity index is 1.73. The minimum Gasteiger partial charge on any atom is -0.374 e. The van der Waals surface area contributed by atoms with Gasteiger partial charge in [-0.05, 0) is 51.0 Å². The van der Waals surface area contributed by atoms with Gasteiger partial charge in [0, 0.05) is 24.4 Å². The van der Waals surface area contributed by atoms with Crippen molar-refractivity contribution in [3.05, 3.63) is 15.6 Å². The molecule has 1 aromatic heterocycles. The van der Waals surface area contributed by atoms with Crippen LogP contribution in [-0.4, -0.2) is 25.2 Å². The monoisotopic (exact) mass is 294 g/mol. The van der Waals surface area contributed by atoms with Crippen LogP contribution >= 0.6 is 11.3 Å². The molecular formula is C16H26N2OS. The van der Waals surface area contributed by atoms with Crippen LogP contribution in [0, 0.1) is 5.92 Å². The molecule has 0 bridgehead atoms. The van der Waals surface area contributed by atoms with E-state index < -0.39 is 0 Å². The molecule has 1 saturated carbocycles. The van der Waals surface area contributed by atoms with Gasteiger partial charge in [-0.2, -0.15) is 0 Å². The normalized spacial score (nSPS) is 23.6. The van der Waals surface area contributed by atoms with Crippen LogP contribution in [0.25, 0.3) is 0 Å². The van der Waals surface area contributed by atoms with E-state index in [0.29, 0.717) is 5.92 Å². The number of methoxy groups -OCH3 is 1. The lowest BCUT2D eigenvalue weighted by molar-refractivity contribution is 0.0842. The zero-order chi connectivity index (χ0) is 13.9. The largest absolute Gasteiger partial charge is 0.374 e. The summed E-state index contributed by atoms with van der Waals surface area (Å²) in [7, 11) is 1.84. The number of ether oxygens (including phenoxy) is 1. The lowest BCUT2D eigenvalue weighted by Gasteiger charge is -2.21. The molecule has 3 rings (SSSR count). The third-order valence-electron chi connectivity index (χ3n) is 4.45. The molecule has 1 fully saturated rings. The Labute approximate surface area is 126 Å². The third kappa shape index (κ3) is 3.07. The Kier molecular flexibility index (Phi) is 4.74. The van der Waals surface area contributed by atoms with Crippen molar-refractivity contribution in [3.8, 4) is 0 Å². The zero-order valence-electron chi connectivity index (χ0n) is 12.7. The summed E-state index contributed by atoms with van der Waals surface area (Å²) in [6.45, 7) is 4.43. The molecule has 0 aliphatic heterocycles. The van der Waals surface area contributed by atoms with E-state index in [0.717, 1.165) is 19.0 Å². The molecule has 2 aliphatic carbocycles. The average Bonchev–Trinajstić information content (AvgIpc) is 3.18. The van der Waals surface area contributed by atoms with E-state index >= 15 is 0 Å². The highest BCUT2D eigenvalue weighted by Gasteiger charge is 2.36. The predicted molar refractivity (Wildman–Crippen MR) is 83.4 cm³/mol. The van der Waals surface area contributed by atoms with E-state index in [2.05, 4.69) is 12.2 Å². The zero-order valence-corrected chi connectivity index (χ0v) is 13.5. The smallest absolute Gasteiger partial charge is 0.122 e. The highest BCUT2D eigenvalue weighted by molar-refractivity contribution is 7.11. The topological polar surface area (TPSA) is 34.1 Å². The molecular weight excluding hydrogens is 268 g/mol. The van der Waals surface area contributed by atoms with E-state index in [9.17, 15) is 0 Å². The molecule has 0 spiro atoms. The first kappa shape index (κ1) is 14.5. The van der Waals surface area contributed by atoms with Gasteiger partial charge in [0.2, 0.25) is 0 Å². The van der Waals surface area contributed by atoms with E-state index in [1.807, 2.05) is 18.4 Å². The molecule has 112 valence electrons. The SMILES string of the molecule is CCCNCC1CCCc2sc(C(OC)C3CC3)nc21. The van der Waals surface area contributed by atoms with Gasteiger partial charge in [0.25, 0.3) is 0 Å². The number of aryl methyl sites for hydroxylation is 1. The highest BCUT2D eigenvalue weighted by atomic mass is 32.1. The Bertz CT molecular complexity index is 442. The van der Waals surface area contributed by atoms with Crippen LogP contribution in [0.1, 0.15) is 66.6 Å². The minimum atomic E-state index is 0.259. The van der Waals surface area contributed by atoms with Crippen LogP contribution in [0.15, 0.2) is 0 Å². The maximum absolute atomic E-state index is 5.70. The van der Waals surface area contributed by atoms with Crippen molar-refractivity contribution in [1.29, 1.82) is 0 Å². The molecule has 1 heterocycles. The van der Waals surface area contributed by atoms with E-state index in [1.54, 1.807) is 0 Å². The number of hydrogen-bond acceptors (Lipinski definition) is 4. The van der Waals surface area contributed by atoms with Crippen LogP contribution < -0.4 is 5.32 Å². The molecule has 0 radical (unpaired) electrons. The van der Waals surface area contributed by atoms with E-state index in [-0.39, 0.29) is 6.10 Å². The molecule has 2 unspecified atom stereocenters. The van der Waals surface area contributed by atoms with Crippen molar-refractivity contribution in [2.75, 3.05) is 20.2 Å². The quantitative estimate of drug-likeness (QED) is 0.779. The van der Waals surface area contributed by atoms with Crippen LogP contribution in [0.3, 0.4) is 0 Å². The number of fused-ring (bicyclic) bond motifs is 1. The van der Waals surface area contributed by atoms with Gasteiger partial charge >= 0.3 is 0 Å². The van der Waals surface area contributed by atoms with Gasteiger partial charge in [0.1, 0.15) is 11.1 Å². The van der Waals surface area contributed by atoms with Crippen LogP contribution in [-0.2, 0) is 11.2 Å². The first-order valence-electron chi connectivity index (χ1n) is 8.06. The minimum absolute atomic E-state index is 0.259. The van der Waals surface area contributed by atoms with Crippen molar-refractivity contribution < 1.29 is 4.74 Å². The number of thiazole rings is 1. The summed E-state index contributed by atoms with van der Waals surface area (Å²) < 4.78 is 5.70. The molecule has 1 aromatic rings. The number of rotatable bonds is 7. The summed E-state index contributed by atoms with van der Waals surface area (Å²) in [4.78, 5) is 6.52. The molecule has 1 N–H and O–H groups in total. The Hall–Kier alpha value is -0.450. The van der Waals surface area contributed by atoms with Gasteiger partial charge < -0.3 is 10.1 Å². The summed E-state index contributed by atoms with van der Waals surface area (Å²) >= 11 is 1.92. The predicted octanol–water partition coefficient (Wildman–Crippen LogP) is 3.66. The Morgan fingerprint density at radius 3 is 2.95 bits per heavy atom. The van der Waals surface area contributed by atoms with Gasteiger partial charge in [-0.1, -0.05) is 6.92 Å². The number of hydrogen-bond donors (Lipinski definition) is 1. The van der Waals surface area contributed by atoms with Gasteiger partial charge in [-0.15, -0.1) is 11.3 Å². The van der Waals surface area contributed by atoms with Gasteiger partial charge in [0.15, 0.2) is 0 Å². The first-order chi connectivity index (χ1) is 9.83. The van der Waals surface area contributed by atoms with Crippen LogP contribution in [0.5, 0.6) is 0 Å². The van der Waals surface area contributed by atoms with E-state index in [4.69, 9.17) is 9.72 Å². The average molecular weight is 294 g/mol. The summed E-state index contributed by atoms with van der Waals surface area (Å²) in [6, 6.07) is 0. The molecule has 2 aliphatic rings. The second kappa shape index (κ2) is 6.54. The Morgan fingerprint density at radius 2 is 2.25 bits per heavy atom. The van der Waals surface area contributed by atoms with Crippen molar-refractivity contribution in [2.24, 2.45) is 5.92 Å². The fourth-order valence-electron chi connectivity index (χ4n) is 3.19. The highest BCUT2D eigenvalue weighted by Crippen LogP contribution is 2.46. The second-order valence-electron chi connectivity index (χ2n) is 6.15. The molecule has 20 heavy (non-hydrogen) atoms. The van der Waals surface area contributed by atoms with E-state index in [1.165, 1.54) is 54.1 Å². The summed E-state index contributed by atoms with van der Waals surface area (Å²) in [5, 5.41) is 4.80. The third-order valence-corrected chi connectivity index (χ3v) is 5.64. The maximum Gasteiger partial charge on any atom is 0.122 e. The lowest BCUT2D eigenvalue weighted by Crippen LogP contribution is -2.25. The van der Waals surface area contributed by atoms with Crippen LogP contribution in [0.4, 0.5) is 0 Å². The number of nitrogens with zero attached hydrogens (tertiary/aromatic N) is 1. The molecule has 2 atom stereocenters. The standard InChI is InChI=1S/C16H26N2OS/c1-3-9-17-10-12-5-4-6-13-14(12)18-16(20-13)15(19-2)11-7-8-11/h11-12,15,17H,3-10H2,1-2H3. The fourth-order valence-corrected chi connectivity index (χ4v) is 4.56. The maximum atomic E-state index is 5.70. The van der Waals surface area contributed by atoms with Crippen molar-refractivity contribution in [2.45, 2.75) is 57.5 Å². The summed E-state index contributed by atoms with van der Waals surface area (Å²) in [5.74, 6) is 1.34. The van der Waals surface area contributed by atoms with Crippen molar-refractivity contribution >= 4 is 11.3 Å². The Morgan fingerprint density at radius 1 is 1.40 bits per heavy atom. The first-order valence-corrected chi connectivity index (χ1v) is 8.88. The van der Waals surface area contributed by atoms with Crippen molar-refractivity contribution in [3.63, 3.8) is 0 Å². The fraction of sp³-hybridized carbons (Fsp3) is 0.812. The summed E-state index contributed by atoms with van der Waals surface area (Å²) in [5.41, 5.74) is 1.38. The lowest BCUT2D eigenvalue weighted by atomic mass is 9.91. The van der Waals surface area contributed by atoms with Gasteiger partial charge in [-0.3, -0.25) is 0 Å². The van der Waals surface area contributed by atoms with Gasteiger partial charge in [0.05, 0.1) is 5.69 Å². The molecule has 4 heteroatoms. The number of aromatic nitrogens is 1. The van der Waals surface area contributed by atoms with Crippen LogP contribution in [0.2, 0.25) is 0 Å². The van der Waals surface area contributed by atoms with Crippen molar-refractivity contribution in [1.82, 2.24) is 10.3 Å². The molecule has 0 aromatic carbocycles. The molecule has 3 nitrogen and oxygen atoms in total. The second-order valence-corrected chi connectivity index (χ2v) is 7.26. The van der Waals surface area contributed by atoms with Gasteiger partial charge in [-0.25, -0.2) is 4.98 Å². The molecule has 0 amide bonds. The summed E-state index contributed by atoms with van der Waals surface area (Å²) in [6.07, 6.45) is 7.90.